The lowest BCUT2D eigenvalue weighted by molar-refractivity contribution is -0.135. The second kappa shape index (κ2) is 11.5. The van der Waals surface area contributed by atoms with E-state index in [2.05, 4.69) is 13.8 Å². The number of carbonyl (C=O) groups excluding carboxylic acids is 2. The molecule has 2 heterocycles. The standard InChI is InChI=1S/C28H31FN2O3S/c1-3-20(2)17-30(28(33)21-7-5-4-6-8-21)18-27(32)31-15-13-26-24(14-16-35-26)25(31)19-34-23-11-9-22(29)10-12-23/h4-12,14,16,20,25H,3,13,15,17-19H2,1-2H3. The number of ether oxygens (including phenoxy) is 1. The van der Waals surface area contributed by atoms with Crippen molar-refractivity contribution in [2.75, 3.05) is 26.2 Å². The number of thiophene rings is 1. The Hall–Kier alpha value is -3.19. The summed E-state index contributed by atoms with van der Waals surface area (Å²) in [6, 6.07) is 16.8. The topological polar surface area (TPSA) is 49.9 Å². The fraction of sp³-hybridized carbons (Fsp3) is 0.357. The lowest BCUT2D eigenvalue weighted by Crippen LogP contribution is -2.48. The molecule has 0 N–H and O–H groups in total. The summed E-state index contributed by atoms with van der Waals surface area (Å²) in [4.78, 5) is 31.7. The predicted octanol–water partition coefficient (Wildman–Crippen LogP) is 5.58. The Labute approximate surface area is 210 Å². The van der Waals surface area contributed by atoms with Gasteiger partial charge in [-0.1, -0.05) is 38.5 Å². The van der Waals surface area contributed by atoms with Crippen LogP contribution >= 0.6 is 11.3 Å². The van der Waals surface area contributed by atoms with Crippen LogP contribution in [0.5, 0.6) is 5.75 Å². The SMILES string of the molecule is CCC(C)CN(CC(=O)N1CCc2sccc2C1COc1ccc(F)cc1)C(=O)c1ccccc1. The van der Waals surface area contributed by atoms with Gasteiger partial charge >= 0.3 is 0 Å². The van der Waals surface area contributed by atoms with E-state index >= 15 is 0 Å². The number of halogens is 1. The van der Waals surface area contributed by atoms with Gasteiger partial charge in [-0.3, -0.25) is 9.59 Å². The number of hydrogen-bond acceptors (Lipinski definition) is 4. The van der Waals surface area contributed by atoms with Crippen LogP contribution < -0.4 is 4.74 Å². The molecule has 1 aromatic heterocycles. The third kappa shape index (κ3) is 6.09. The van der Waals surface area contributed by atoms with Crippen molar-refractivity contribution in [3.8, 4) is 5.75 Å². The highest BCUT2D eigenvalue weighted by molar-refractivity contribution is 7.10. The van der Waals surface area contributed by atoms with Gasteiger partial charge in [-0.2, -0.15) is 0 Å². The Morgan fingerprint density at radius 3 is 2.60 bits per heavy atom. The van der Waals surface area contributed by atoms with Crippen LogP contribution in [0, 0.1) is 11.7 Å². The monoisotopic (exact) mass is 494 g/mol. The van der Waals surface area contributed by atoms with E-state index in [1.165, 1.54) is 17.0 Å². The molecule has 2 atom stereocenters. The zero-order valence-electron chi connectivity index (χ0n) is 20.2. The van der Waals surface area contributed by atoms with Crippen LogP contribution in [0.3, 0.4) is 0 Å². The Morgan fingerprint density at radius 2 is 1.89 bits per heavy atom. The van der Waals surface area contributed by atoms with Crippen LogP contribution in [0.2, 0.25) is 0 Å². The molecule has 2 unspecified atom stereocenters. The molecule has 0 bridgehead atoms. The molecule has 0 aliphatic carbocycles. The van der Waals surface area contributed by atoms with Crippen LogP contribution in [0.4, 0.5) is 4.39 Å². The molecule has 0 saturated carbocycles. The van der Waals surface area contributed by atoms with Crippen molar-refractivity contribution in [3.63, 3.8) is 0 Å². The van der Waals surface area contributed by atoms with Crippen LogP contribution in [0.1, 0.15) is 47.1 Å². The molecule has 35 heavy (non-hydrogen) atoms. The van der Waals surface area contributed by atoms with Crippen LogP contribution in [-0.4, -0.2) is 47.9 Å². The lowest BCUT2D eigenvalue weighted by Gasteiger charge is -2.37. The molecule has 7 heteroatoms. The van der Waals surface area contributed by atoms with Gasteiger partial charge in [0.15, 0.2) is 0 Å². The minimum atomic E-state index is -0.323. The normalized spacial score (nSPS) is 15.9. The number of hydrogen-bond donors (Lipinski definition) is 0. The van der Waals surface area contributed by atoms with Crippen molar-refractivity contribution >= 4 is 23.2 Å². The summed E-state index contributed by atoms with van der Waals surface area (Å²) in [5, 5.41) is 2.04. The van der Waals surface area contributed by atoms with Gasteiger partial charge in [-0.15, -0.1) is 11.3 Å². The molecule has 2 amide bonds. The number of fused-ring (bicyclic) bond motifs is 1. The van der Waals surface area contributed by atoms with Gasteiger partial charge in [0.05, 0.1) is 6.04 Å². The molecule has 4 rings (SSSR count). The van der Waals surface area contributed by atoms with E-state index in [4.69, 9.17) is 4.74 Å². The lowest BCUT2D eigenvalue weighted by atomic mass is 10.00. The highest BCUT2D eigenvalue weighted by Gasteiger charge is 2.34. The van der Waals surface area contributed by atoms with Gasteiger partial charge in [0, 0.05) is 23.5 Å². The molecule has 1 aliphatic rings. The fourth-order valence-electron chi connectivity index (χ4n) is 4.32. The van der Waals surface area contributed by atoms with Crippen molar-refractivity contribution in [1.82, 2.24) is 9.80 Å². The molecule has 0 radical (unpaired) electrons. The summed E-state index contributed by atoms with van der Waals surface area (Å²) in [5.41, 5.74) is 1.66. The first-order chi connectivity index (χ1) is 17.0. The Bertz CT molecular complexity index is 1130. The Morgan fingerprint density at radius 1 is 1.14 bits per heavy atom. The maximum atomic E-state index is 13.6. The quantitative estimate of drug-likeness (QED) is 0.390. The number of rotatable bonds is 9. The molecule has 1 aliphatic heterocycles. The van der Waals surface area contributed by atoms with Crippen LogP contribution in [0.15, 0.2) is 66.0 Å². The zero-order valence-corrected chi connectivity index (χ0v) is 21.0. The molecule has 3 aromatic rings. The Balaban J connectivity index is 1.53. The van der Waals surface area contributed by atoms with E-state index in [-0.39, 0.29) is 42.7 Å². The zero-order chi connectivity index (χ0) is 24.8. The summed E-state index contributed by atoms with van der Waals surface area (Å²) in [6.45, 7) is 5.55. The average Bonchev–Trinajstić information content (AvgIpc) is 3.37. The van der Waals surface area contributed by atoms with E-state index in [9.17, 15) is 14.0 Å². The van der Waals surface area contributed by atoms with Gasteiger partial charge in [0.25, 0.3) is 5.91 Å². The first-order valence-electron chi connectivity index (χ1n) is 12.0. The molecular formula is C28H31FN2O3S. The summed E-state index contributed by atoms with van der Waals surface area (Å²) >= 11 is 1.69. The highest BCUT2D eigenvalue weighted by atomic mass is 32.1. The van der Waals surface area contributed by atoms with Crippen LogP contribution in [0.25, 0.3) is 0 Å². The minimum absolute atomic E-state index is 0.0184. The molecule has 0 saturated heterocycles. The molecule has 0 fully saturated rings. The first-order valence-corrected chi connectivity index (χ1v) is 12.9. The highest BCUT2D eigenvalue weighted by Crippen LogP contribution is 2.34. The summed E-state index contributed by atoms with van der Waals surface area (Å²) < 4.78 is 19.3. The first kappa shape index (κ1) is 24.9. The Kier molecular flexibility index (Phi) is 8.18. The van der Waals surface area contributed by atoms with Crippen molar-refractivity contribution in [1.29, 1.82) is 0 Å². The second-order valence-electron chi connectivity index (χ2n) is 8.98. The largest absolute Gasteiger partial charge is 0.491 e. The smallest absolute Gasteiger partial charge is 0.254 e. The van der Waals surface area contributed by atoms with Crippen molar-refractivity contribution in [3.05, 3.63) is 87.9 Å². The molecular weight excluding hydrogens is 463 g/mol. The summed E-state index contributed by atoms with van der Waals surface area (Å²) in [7, 11) is 0. The van der Waals surface area contributed by atoms with Gasteiger partial charge in [-0.25, -0.2) is 4.39 Å². The summed E-state index contributed by atoms with van der Waals surface area (Å²) in [6.07, 6.45) is 1.70. The van der Waals surface area contributed by atoms with Gasteiger partial charge < -0.3 is 14.5 Å². The van der Waals surface area contributed by atoms with Crippen LogP contribution in [-0.2, 0) is 11.2 Å². The predicted molar refractivity (Wildman–Crippen MR) is 136 cm³/mol. The van der Waals surface area contributed by atoms with E-state index in [0.29, 0.717) is 24.4 Å². The number of benzene rings is 2. The maximum absolute atomic E-state index is 13.6. The second-order valence-corrected chi connectivity index (χ2v) is 9.98. The number of nitrogens with zero attached hydrogens (tertiary/aromatic N) is 2. The van der Waals surface area contributed by atoms with Crippen molar-refractivity contribution < 1.29 is 18.7 Å². The van der Waals surface area contributed by atoms with E-state index in [1.807, 2.05) is 34.5 Å². The summed E-state index contributed by atoms with van der Waals surface area (Å²) in [5.74, 6) is 0.280. The molecule has 0 spiro atoms. The molecule has 184 valence electrons. The molecule has 5 nitrogen and oxygen atoms in total. The third-order valence-electron chi connectivity index (χ3n) is 6.50. The van der Waals surface area contributed by atoms with E-state index in [0.717, 1.165) is 18.4 Å². The fourth-order valence-corrected chi connectivity index (χ4v) is 5.25. The third-order valence-corrected chi connectivity index (χ3v) is 7.50. The van der Waals surface area contributed by atoms with Gasteiger partial charge in [0.2, 0.25) is 5.91 Å². The minimum Gasteiger partial charge on any atom is -0.491 e. The van der Waals surface area contributed by atoms with E-state index < -0.39 is 0 Å². The number of amides is 2. The number of carbonyl (C=O) groups is 2. The maximum Gasteiger partial charge on any atom is 0.254 e. The van der Waals surface area contributed by atoms with Gasteiger partial charge in [-0.05, 0) is 65.7 Å². The van der Waals surface area contributed by atoms with E-state index in [1.54, 1.807) is 40.5 Å². The van der Waals surface area contributed by atoms with Crippen molar-refractivity contribution in [2.45, 2.75) is 32.7 Å². The molecule has 2 aromatic carbocycles. The average molecular weight is 495 g/mol. The van der Waals surface area contributed by atoms with Gasteiger partial charge in [0.1, 0.15) is 24.7 Å². The van der Waals surface area contributed by atoms with Crippen molar-refractivity contribution in [2.24, 2.45) is 5.92 Å².